The first-order valence-electron chi connectivity index (χ1n) is 17.0. The minimum Gasteiger partial charge on any atom is -0.504 e. The number of hydrogen-bond donors (Lipinski definition) is 3. The third-order valence-corrected chi connectivity index (χ3v) is 13.0. The first-order chi connectivity index (χ1) is 20.3. The molecule has 11 unspecified atom stereocenters. The molecule has 0 radical (unpaired) electrons. The Balaban J connectivity index is 1.31. The van der Waals surface area contributed by atoms with Crippen molar-refractivity contribution in [3.63, 3.8) is 0 Å². The molecule has 43 heavy (non-hydrogen) atoms. The molecule has 0 bridgehead atoms. The normalized spacial score (nSPS) is 38.4. The molecule has 3 saturated carbocycles. The van der Waals surface area contributed by atoms with Gasteiger partial charge in [0.25, 0.3) is 0 Å². The average Bonchev–Trinajstić information content (AvgIpc) is 3.24. The number of aliphatic hydroxyl groups is 2. The van der Waals surface area contributed by atoms with E-state index in [0.717, 1.165) is 38.0 Å². The quantitative estimate of drug-likeness (QED) is 0.201. The number of aromatic hydroxyl groups is 1. The van der Waals surface area contributed by atoms with Crippen LogP contribution in [0.5, 0.6) is 11.5 Å². The fourth-order valence-corrected chi connectivity index (χ4v) is 10.4. The predicted molar refractivity (Wildman–Crippen MR) is 169 cm³/mol. The predicted octanol–water partition coefficient (Wildman–Crippen LogP) is 7.55. The lowest BCUT2D eigenvalue weighted by Crippen LogP contribution is -2.56. The van der Waals surface area contributed by atoms with Gasteiger partial charge in [0.1, 0.15) is 6.10 Å². The highest BCUT2D eigenvalue weighted by Gasteiger charge is 2.64. The van der Waals surface area contributed by atoms with Gasteiger partial charge in [-0.15, -0.1) is 0 Å². The van der Waals surface area contributed by atoms with E-state index in [-0.39, 0.29) is 46.4 Å². The van der Waals surface area contributed by atoms with Gasteiger partial charge >= 0.3 is 5.97 Å². The molecule has 0 heterocycles. The molecule has 0 aromatic heterocycles. The van der Waals surface area contributed by atoms with Crippen molar-refractivity contribution in [3.8, 4) is 11.5 Å². The maximum absolute atomic E-state index is 13.0. The first kappa shape index (κ1) is 32.3. The molecule has 5 rings (SSSR count). The second-order valence-corrected chi connectivity index (χ2v) is 15.4. The van der Waals surface area contributed by atoms with Gasteiger partial charge in [-0.2, -0.15) is 0 Å². The lowest BCUT2D eigenvalue weighted by atomic mass is 9.46. The minimum absolute atomic E-state index is 0.0172. The third kappa shape index (κ3) is 5.76. The summed E-state index contributed by atoms with van der Waals surface area (Å²) in [7, 11) is 1.45. The summed E-state index contributed by atoms with van der Waals surface area (Å²) in [6.45, 7) is 14.2. The van der Waals surface area contributed by atoms with Crippen LogP contribution in [0.25, 0.3) is 0 Å². The van der Waals surface area contributed by atoms with Crippen molar-refractivity contribution >= 4 is 5.97 Å². The van der Waals surface area contributed by atoms with E-state index in [4.69, 9.17) is 9.47 Å². The zero-order valence-electron chi connectivity index (χ0n) is 27.5. The molecule has 0 aliphatic heterocycles. The average molecular weight is 597 g/mol. The smallest absolute Gasteiger partial charge is 0.338 e. The lowest BCUT2D eigenvalue weighted by molar-refractivity contribution is -0.118. The van der Waals surface area contributed by atoms with E-state index in [9.17, 15) is 20.1 Å². The lowest BCUT2D eigenvalue weighted by Gasteiger charge is -2.59. The maximum atomic E-state index is 13.0. The SMILES string of the molecule is CCC(CCC(C)C1CC(O)C2C3C(O)C=C4CC(OC(=O)c5ccc(O)c(OC)c5)CCC4(C)C3CCC12C)C(C)C. The first-order valence-corrected chi connectivity index (χ1v) is 17.0. The molecule has 6 heteroatoms. The molecule has 1 aromatic rings. The second kappa shape index (κ2) is 12.4. The van der Waals surface area contributed by atoms with Gasteiger partial charge in [-0.25, -0.2) is 4.79 Å². The molecule has 6 nitrogen and oxygen atoms in total. The number of carbonyl (C=O) groups is 1. The maximum Gasteiger partial charge on any atom is 0.338 e. The summed E-state index contributed by atoms with van der Waals surface area (Å²) >= 11 is 0. The highest BCUT2D eigenvalue weighted by Crippen LogP contribution is 2.67. The molecule has 11 atom stereocenters. The number of rotatable bonds is 9. The Bertz CT molecular complexity index is 1190. The molecule has 4 aliphatic carbocycles. The molecule has 3 fully saturated rings. The Hall–Kier alpha value is -2.05. The molecule has 1 aromatic carbocycles. The largest absolute Gasteiger partial charge is 0.504 e. The molecule has 3 N–H and O–H groups in total. The molecule has 0 amide bonds. The van der Waals surface area contributed by atoms with Crippen molar-refractivity contribution < 1.29 is 29.6 Å². The van der Waals surface area contributed by atoms with Gasteiger partial charge in [-0.05, 0) is 109 Å². The standard InChI is InChI=1S/C37H56O6/c1-8-23(21(2)3)10-9-22(4)28-20-31(40)34-33-27(14-16-37(28,34)6)36(5)15-13-26(18-25(36)19-30(33)39)43-35(41)24-11-12-29(38)32(17-24)42-7/h11-12,17,19,21-23,26-28,30-31,33-34,38-40H,8-10,13-16,18,20H2,1-7H3. The Morgan fingerprint density at radius 2 is 1.84 bits per heavy atom. The number of esters is 1. The highest BCUT2D eigenvalue weighted by molar-refractivity contribution is 5.90. The zero-order valence-corrected chi connectivity index (χ0v) is 27.5. The number of ether oxygens (including phenoxy) is 2. The molecule has 0 spiro atoms. The molecule has 4 aliphatic rings. The Kier molecular flexibility index (Phi) is 9.32. The fourth-order valence-electron chi connectivity index (χ4n) is 10.4. The fraction of sp³-hybridized carbons (Fsp3) is 0.757. The summed E-state index contributed by atoms with van der Waals surface area (Å²) in [4.78, 5) is 13.0. The van der Waals surface area contributed by atoms with Gasteiger partial charge in [-0.3, -0.25) is 0 Å². The van der Waals surface area contributed by atoms with Crippen LogP contribution < -0.4 is 4.74 Å². The number of methoxy groups -OCH3 is 1. The van der Waals surface area contributed by atoms with Crippen LogP contribution in [0.1, 0.15) is 110 Å². The monoisotopic (exact) mass is 596 g/mol. The van der Waals surface area contributed by atoms with Crippen molar-refractivity contribution in [1.29, 1.82) is 0 Å². The summed E-state index contributed by atoms with van der Waals surface area (Å²) in [5.74, 6) is 2.79. The minimum atomic E-state index is -0.595. The van der Waals surface area contributed by atoms with Gasteiger partial charge in [-0.1, -0.05) is 66.0 Å². The van der Waals surface area contributed by atoms with E-state index in [1.54, 1.807) is 6.07 Å². The summed E-state index contributed by atoms with van der Waals surface area (Å²) in [6.07, 6.45) is 9.85. The number of hydrogen-bond acceptors (Lipinski definition) is 6. The van der Waals surface area contributed by atoms with Crippen LogP contribution in [0.3, 0.4) is 0 Å². The number of phenolic OH excluding ortho intramolecular Hbond substituents is 1. The van der Waals surface area contributed by atoms with E-state index in [2.05, 4.69) is 47.6 Å². The van der Waals surface area contributed by atoms with E-state index >= 15 is 0 Å². The van der Waals surface area contributed by atoms with Crippen molar-refractivity contribution in [2.24, 2.45) is 52.3 Å². The summed E-state index contributed by atoms with van der Waals surface area (Å²) < 4.78 is 11.1. The van der Waals surface area contributed by atoms with Crippen molar-refractivity contribution in [3.05, 3.63) is 35.4 Å². The number of phenols is 1. The van der Waals surface area contributed by atoms with Crippen LogP contribution in [0.15, 0.2) is 29.8 Å². The topological polar surface area (TPSA) is 96.2 Å². The van der Waals surface area contributed by atoms with Gasteiger partial charge in [0.05, 0.1) is 24.9 Å². The summed E-state index contributed by atoms with van der Waals surface area (Å²) in [5, 5.41) is 33.3. The highest BCUT2D eigenvalue weighted by atomic mass is 16.5. The van der Waals surface area contributed by atoms with Crippen LogP contribution in [0.2, 0.25) is 0 Å². The number of carbonyl (C=O) groups excluding carboxylic acids is 1. The van der Waals surface area contributed by atoms with Crippen LogP contribution in [0.4, 0.5) is 0 Å². The number of benzene rings is 1. The number of fused-ring (bicyclic) bond motifs is 5. The Morgan fingerprint density at radius 1 is 1.09 bits per heavy atom. The summed E-state index contributed by atoms with van der Waals surface area (Å²) in [5.41, 5.74) is 1.53. The second-order valence-electron chi connectivity index (χ2n) is 15.4. The van der Waals surface area contributed by atoms with Gasteiger partial charge in [0, 0.05) is 6.42 Å². The molecule has 0 saturated heterocycles. The van der Waals surface area contributed by atoms with Crippen molar-refractivity contribution in [1.82, 2.24) is 0 Å². The van der Waals surface area contributed by atoms with Gasteiger partial charge < -0.3 is 24.8 Å². The van der Waals surface area contributed by atoms with E-state index in [0.29, 0.717) is 35.7 Å². The van der Waals surface area contributed by atoms with E-state index in [1.165, 1.54) is 44.1 Å². The summed E-state index contributed by atoms with van der Waals surface area (Å²) in [6, 6.07) is 4.50. The van der Waals surface area contributed by atoms with Crippen LogP contribution in [0, 0.1) is 52.3 Å². The molecular formula is C37H56O6. The Morgan fingerprint density at radius 3 is 2.51 bits per heavy atom. The Labute approximate surface area is 259 Å². The van der Waals surface area contributed by atoms with Crippen molar-refractivity contribution in [2.75, 3.05) is 7.11 Å². The van der Waals surface area contributed by atoms with Crippen molar-refractivity contribution in [2.45, 2.75) is 118 Å². The van der Waals surface area contributed by atoms with Gasteiger partial charge in [0.15, 0.2) is 11.5 Å². The van der Waals surface area contributed by atoms with Crippen LogP contribution in [-0.2, 0) is 4.74 Å². The van der Waals surface area contributed by atoms with Gasteiger partial charge in [0.2, 0.25) is 0 Å². The van der Waals surface area contributed by atoms with E-state index < -0.39 is 12.1 Å². The molecular weight excluding hydrogens is 540 g/mol. The zero-order chi connectivity index (χ0) is 31.3. The van der Waals surface area contributed by atoms with Crippen LogP contribution in [-0.4, -0.2) is 46.7 Å². The number of aliphatic hydroxyl groups excluding tert-OH is 2. The third-order valence-electron chi connectivity index (χ3n) is 13.0. The molecule has 240 valence electrons. The van der Waals surface area contributed by atoms with Crippen LogP contribution >= 0.6 is 0 Å². The van der Waals surface area contributed by atoms with E-state index in [1.807, 2.05) is 0 Å².